The summed E-state index contributed by atoms with van der Waals surface area (Å²) in [4.78, 5) is 11.8. The molecule has 3 N–H and O–H groups in total. The molecule has 0 aliphatic carbocycles. The van der Waals surface area contributed by atoms with Crippen molar-refractivity contribution in [3.63, 3.8) is 0 Å². The number of hydrogen-bond acceptors (Lipinski definition) is 3. The van der Waals surface area contributed by atoms with Gasteiger partial charge in [-0.2, -0.15) is 0 Å². The zero-order valence-electron chi connectivity index (χ0n) is 12.7. The molecule has 0 atom stereocenters. The summed E-state index contributed by atoms with van der Waals surface area (Å²) in [5, 5.41) is 15.1. The Morgan fingerprint density at radius 3 is 2.73 bits per heavy atom. The summed E-state index contributed by atoms with van der Waals surface area (Å²) in [6.07, 6.45) is 0.664. The zero-order valence-corrected chi connectivity index (χ0v) is 12.7. The Bertz CT molecular complexity index is 656. The second kappa shape index (κ2) is 7.36. The second-order valence-electron chi connectivity index (χ2n) is 4.96. The van der Waals surface area contributed by atoms with Gasteiger partial charge in [0.1, 0.15) is 11.5 Å². The van der Waals surface area contributed by atoms with Crippen LogP contribution in [0.4, 0.5) is 10.5 Å². The summed E-state index contributed by atoms with van der Waals surface area (Å²) in [5.41, 5.74) is 2.35. The Labute approximate surface area is 129 Å². The minimum absolute atomic E-state index is 0.0554. The van der Waals surface area contributed by atoms with Crippen molar-refractivity contribution >= 4 is 11.7 Å². The number of amides is 2. The maximum absolute atomic E-state index is 11.8. The molecule has 0 spiro atoms. The van der Waals surface area contributed by atoms with Gasteiger partial charge in [-0.1, -0.05) is 24.3 Å². The maximum Gasteiger partial charge on any atom is 0.319 e. The average molecular weight is 300 g/mol. The average Bonchev–Trinajstić information content (AvgIpc) is 2.50. The number of methoxy groups -OCH3 is 1. The number of ether oxygens (including phenoxy) is 1. The van der Waals surface area contributed by atoms with Gasteiger partial charge in [0.05, 0.1) is 12.8 Å². The number of hydrogen-bond donors (Lipinski definition) is 3. The van der Waals surface area contributed by atoms with Gasteiger partial charge in [-0.25, -0.2) is 4.79 Å². The molecule has 0 saturated heterocycles. The molecule has 5 nitrogen and oxygen atoms in total. The standard InChI is InChI=1S/C17H20N2O3/c1-12-7-8-14(15(20)11-12)19-17(21)18-10-9-13-5-3-4-6-16(13)22-2/h3-8,11,20H,9-10H2,1-2H3,(H2,18,19,21). The van der Waals surface area contributed by atoms with Gasteiger partial charge < -0.3 is 20.5 Å². The number of nitrogens with one attached hydrogen (secondary N) is 2. The zero-order chi connectivity index (χ0) is 15.9. The first-order valence-corrected chi connectivity index (χ1v) is 7.06. The first-order valence-electron chi connectivity index (χ1n) is 7.06. The number of aromatic hydroxyl groups is 1. The van der Waals surface area contributed by atoms with E-state index in [9.17, 15) is 9.90 Å². The van der Waals surface area contributed by atoms with Crippen molar-refractivity contribution in [1.29, 1.82) is 0 Å². The van der Waals surface area contributed by atoms with Crippen LogP contribution in [0.2, 0.25) is 0 Å². The Morgan fingerprint density at radius 1 is 1.23 bits per heavy atom. The van der Waals surface area contributed by atoms with Crippen molar-refractivity contribution in [1.82, 2.24) is 5.32 Å². The normalized spacial score (nSPS) is 10.1. The van der Waals surface area contributed by atoms with Crippen molar-refractivity contribution in [3.8, 4) is 11.5 Å². The summed E-state index contributed by atoms with van der Waals surface area (Å²) < 4.78 is 5.26. The lowest BCUT2D eigenvalue weighted by molar-refractivity contribution is 0.252. The van der Waals surface area contributed by atoms with Crippen LogP contribution in [0.1, 0.15) is 11.1 Å². The van der Waals surface area contributed by atoms with Crippen LogP contribution >= 0.6 is 0 Å². The first-order chi connectivity index (χ1) is 10.6. The number of carbonyl (C=O) groups is 1. The summed E-state index contributed by atoms with van der Waals surface area (Å²) in [7, 11) is 1.62. The molecule has 2 aromatic rings. The third-order valence-electron chi connectivity index (χ3n) is 3.27. The molecule has 22 heavy (non-hydrogen) atoms. The third-order valence-corrected chi connectivity index (χ3v) is 3.27. The van der Waals surface area contributed by atoms with Crippen molar-refractivity contribution in [2.45, 2.75) is 13.3 Å². The Balaban J connectivity index is 1.85. The van der Waals surface area contributed by atoms with Crippen molar-refractivity contribution in [3.05, 3.63) is 53.6 Å². The predicted octanol–water partition coefficient (Wildman–Crippen LogP) is 3.07. The summed E-state index contributed by atoms with van der Waals surface area (Å²) in [6, 6.07) is 12.4. The fraction of sp³-hybridized carbons (Fsp3) is 0.235. The highest BCUT2D eigenvalue weighted by Crippen LogP contribution is 2.23. The molecular weight excluding hydrogens is 280 g/mol. The second-order valence-corrected chi connectivity index (χ2v) is 4.96. The minimum Gasteiger partial charge on any atom is -0.506 e. The van der Waals surface area contributed by atoms with Gasteiger partial charge in [0, 0.05) is 6.54 Å². The van der Waals surface area contributed by atoms with Gasteiger partial charge in [-0.05, 0) is 42.7 Å². The number of urea groups is 1. The monoisotopic (exact) mass is 300 g/mol. The molecule has 0 radical (unpaired) electrons. The summed E-state index contributed by atoms with van der Waals surface area (Å²) in [5.74, 6) is 0.862. The van der Waals surface area contributed by atoms with E-state index in [4.69, 9.17) is 4.74 Å². The number of anilines is 1. The molecule has 2 rings (SSSR count). The topological polar surface area (TPSA) is 70.6 Å². The lowest BCUT2D eigenvalue weighted by Gasteiger charge is -2.11. The SMILES string of the molecule is COc1ccccc1CCNC(=O)Nc1ccc(C)cc1O. The molecule has 0 fully saturated rings. The number of carbonyl (C=O) groups excluding carboxylic acids is 1. The van der Waals surface area contributed by atoms with E-state index in [-0.39, 0.29) is 11.8 Å². The molecule has 0 unspecified atom stereocenters. The number of benzene rings is 2. The van der Waals surface area contributed by atoms with E-state index in [2.05, 4.69) is 10.6 Å². The molecule has 2 aromatic carbocycles. The molecule has 0 heterocycles. The number of para-hydroxylation sites is 1. The smallest absolute Gasteiger partial charge is 0.319 e. The first kappa shape index (κ1) is 15.7. The van der Waals surface area contributed by atoms with Crippen LogP contribution in [0, 0.1) is 6.92 Å². The van der Waals surface area contributed by atoms with Crippen LogP contribution in [0.5, 0.6) is 11.5 Å². The van der Waals surface area contributed by atoms with Crippen LogP contribution in [0.25, 0.3) is 0 Å². The predicted molar refractivity (Wildman–Crippen MR) is 86.6 cm³/mol. The van der Waals surface area contributed by atoms with Crippen molar-refractivity contribution in [2.24, 2.45) is 0 Å². The lowest BCUT2D eigenvalue weighted by atomic mass is 10.1. The van der Waals surface area contributed by atoms with Gasteiger partial charge in [-0.15, -0.1) is 0 Å². The Morgan fingerprint density at radius 2 is 2.00 bits per heavy atom. The lowest BCUT2D eigenvalue weighted by Crippen LogP contribution is -2.30. The minimum atomic E-state index is -0.353. The van der Waals surface area contributed by atoms with Crippen molar-refractivity contribution in [2.75, 3.05) is 19.0 Å². The Kier molecular flexibility index (Phi) is 5.25. The van der Waals surface area contributed by atoms with E-state index < -0.39 is 0 Å². The van der Waals surface area contributed by atoms with Crippen LogP contribution in [0.15, 0.2) is 42.5 Å². The molecule has 0 aromatic heterocycles. The van der Waals surface area contributed by atoms with E-state index >= 15 is 0 Å². The quantitative estimate of drug-likeness (QED) is 0.743. The van der Waals surface area contributed by atoms with Crippen LogP contribution in [-0.4, -0.2) is 24.8 Å². The van der Waals surface area contributed by atoms with Crippen LogP contribution in [0.3, 0.4) is 0 Å². The fourth-order valence-corrected chi connectivity index (χ4v) is 2.13. The number of phenols is 1. The molecular formula is C17H20N2O3. The van der Waals surface area contributed by atoms with Crippen LogP contribution < -0.4 is 15.4 Å². The summed E-state index contributed by atoms with van der Waals surface area (Å²) >= 11 is 0. The van der Waals surface area contributed by atoms with Gasteiger partial charge in [-0.3, -0.25) is 0 Å². The Hall–Kier alpha value is -2.69. The van der Waals surface area contributed by atoms with Crippen molar-refractivity contribution < 1.29 is 14.6 Å². The van der Waals surface area contributed by atoms with E-state index in [0.29, 0.717) is 18.7 Å². The molecule has 0 aliphatic rings. The molecule has 0 bridgehead atoms. The molecule has 116 valence electrons. The molecule has 0 aliphatic heterocycles. The van der Waals surface area contributed by atoms with Gasteiger partial charge in [0.2, 0.25) is 0 Å². The van der Waals surface area contributed by atoms with Gasteiger partial charge in [0.25, 0.3) is 0 Å². The number of rotatable bonds is 5. The third kappa shape index (κ3) is 4.15. The van der Waals surface area contributed by atoms with Crippen LogP contribution in [-0.2, 0) is 6.42 Å². The maximum atomic E-state index is 11.8. The number of aryl methyl sites for hydroxylation is 1. The largest absolute Gasteiger partial charge is 0.506 e. The van der Waals surface area contributed by atoms with E-state index in [1.165, 1.54) is 0 Å². The van der Waals surface area contributed by atoms with Gasteiger partial charge in [0.15, 0.2) is 0 Å². The van der Waals surface area contributed by atoms with Gasteiger partial charge >= 0.3 is 6.03 Å². The van der Waals surface area contributed by atoms with E-state index in [1.54, 1.807) is 19.2 Å². The molecule has 2 amide bonds. The highest BCUT2D eigenvalue weighted by atomic mass is 16.5. The highest BCUT2D eigenvalue weighted by Gasteiger charge is 2.07. The molecule has 0 saturated carbocycles. The van der Waals surface area contributed by atoms with E-state index in [0.717, 1.165) is 16.9 Å². The summed E-state index contributed by atoms with van der Waals surface area (Å²) in [6.45, 7) is 2.34. The highest BCUT2D eigenvalue weighted by molar-refractivity contribution is 5.90. The molecule has 5 heteroatoms. The fourth-order valence-electron chi connectivity index (χ4n) is 2.13. The number of phenolic OH excluding ortho intramolecular Hbond substituents is 1. The van der Waals surface area contributed by atoms with E-state index in [1.807, 2.05) is 37.3 Å².